The van der Waals surface area contributed by atoms with E-state index in [1.165, 1.54) is 32.1 Å². The summed E-state index contributed by atoms with van der Waals surface area (Å²) in [6.45, 7) is 4.43. The zero-order chi connectivity index (χ0) is 16.7. The van der Waals surface area contributed by atoms with Gasteiger partial charge in [0.1, 0.15) is 0 Å². The highest BCUT2D eigenvalue weighted by Gasteiger charge is 2.16. The highest BCUT2D eigenvalue weighted by Crippen LogP contribution is 2.28. The van der Waals surface area contributed by atoms with Crippen LogP contribution in [0.1, 0.15) is 80.8 Å². The summed E-state index contributed by atoms with van der Waals surface area (Å²) in [6.07, 6.45) is 8.56. The van der Waals surface area contributed by atoms with E-state index >= 15 is 0 Å². The summed E-state index contributed by atoms with van der Waals surface area (Å²) in [5, 5.41) is 0.849. The summed E-state index contributed by atoms with van der Waals surface area (Å²) in [5.74, 6) is 0.0296. The van der Waals surface area contributed by atoms with Gasteiger partial charge in [-0.1, -0.05) is 64.2 Å². The van der Waals surface area contributed by atoms with Crippen LogP contribution in [0.5, 0.6) is 0 Å². The zero-order valence-corrected chi connectivity index (χ0v) is 14.3. The zero-order valence-electron chi connectivity index (χ0n) is 14.3. The van der Waals surface area contributed by atoms with Crippen molar-refractivity contribution >= 4 is 16.8 Å². The number of nitrogens with zero attached hydrogens (tertiary/aromatic N) is 1. The maximum Gasteiger partial charge on any atom is 0.249 e. The molecule has 3 nitrogen and oxygen atoms in total. The summed E-state index contributed by atoms with van der Waals surface area (Å²) < 4.78 is 0. The third-order valence-corrected chi connectivity index (χ3v) is 4.57. The van der Waals surface area contributed by atoms with Gasteiger partial charge in [-0.3, -0.25) is 9.78 Å². The van der Waals surface area contributed by atoms with Gasteiger partial charge in [-0.05, 0) is 25.0 Å². The number of amides is 1. The Kier molecular flexibility index (Phi) is 6.57. The van der Waals surface area contributed by atoms with Crippen LogP contribution < -0.4 is 5.73 Å². The Balaban J connectivity index is 2.21. The molecule has 2 aromatic rings. The number of unbranched alkanes of at least 4 members (excludes halogenated alkanes) is 4. The smallest absolute Gasteiger partial charge is 0.249 e. The van der Waals surface area contributed by atoms with Gasteiger partial charge in [0.25, 0.3) is 0 Å². The molecule has 0 fully saturated rings. The van der Waals surface area contributed by atoms with Crippen LogP contribution in [0, 0.1) is 0 Å². The van der Waals surface area contributed by atoms with E-state index in [4.69, 9.17) is 10.7 Å². The van der Waals surface area contributed by atoms with E-state index in [1.807, 2.05) is 30.3 Å². The Morgan fingerprint density at radius 3 is 2.57 bits per heavy atom. The minimum atomic E-state index is -0.373. The fourth-order valence-electron chi connectivity index (χ4n) is 3.16. The summed E-state index contributed by atoms with van der Waals surface area (Å²) in [4.78, 5) is 16.6. The van der Waals surface area contributed by atoms with E-state index in [1.54, 1.807) is 0 Å². The molecule has 0 radical (unpaired) electrons. The average molecular weight is 312 g/mol. The first kappa shape index (κ1) is 17.5. The fraction of sp³-hybridized carbons (Fsp3) is 0.500. The van der Waals surface area contributed by atoms with Crippen molar-refractivity contribution in [3.8, 4) is 0 Å². The normalized spacial score (nSPS) is 12.4. The number of benzene rings is 1. The Morgan fingerprint density at radius 1 is 1.13 bits per heavy atom. The van der Waals surface area contributed by atoms with Crippen molar-refractivity contribution in [3.63, 3.8) is 0 Å². The van der Waals surface area contributed by atoms with Crippen molar-refractivity contribution < 1.29 is 4.79 Å². The first-order valence-electron chi connectivity index (χ1n) is 8.86. The minimum absolute atomic E-state index is 0.373. The number of hydrogen-bond acceptors (Lipinski definition) is 2. The van der Waals surface area contributed by atoms with E-state index in [-0.39, 0.29) is 5.91 Å². The molecule has 124 valence electrons. The second-order valence-electron chi connectivity index (χ2n) is 6.28. The molecule has 2 rings (SSSR count). The van der Waals surface area contributed by atoms with Gasteiger partial charge in [-0.2, -0.15) is 0 Å². The van der Waals surface area contributed by atoms with Gasteiger partial charge in [0, 0.05) is 17.0 Å². The number of fused-ring (bicyclic) bond motifs is 1. The number of rotatable bonds is 9. The van der Waals surface area contributed by atoms with Crippen LogP contribution in [-0.2, 0) is 0 Å². The first-order valence-corrected chi connectivity index (χ1v) is 8.86. The SMILES string of the molecule is CCCCCCCC(CC)c1cc(C(N)=O)c2ccccc2n1. The molecule has 0 bridgehead atoms. The van der Waals surface area contributed by atoms with Gasteiger partial charge in [0.05, 0.1) is 11.1 Å². The predicted octanol–water partition coefficient (Wildman–Crippen LogP) is 5.19. The quantitative estimate of drug-likeness (QED) is 0.648. The molecule has 0 aliphatic heterocycles. The summed E-state index contributed by atoms with van der Waals surface area (Å²) in [6, 6.07) is 9.65. The number of nitrogens with two attached hydrogens (primary N) is 1. The third kappa shape index (κ3) is 4.54. The molecule has 1 aromatic carbocycles. The van der Waals surface area contributed by atoms with Crippen molar-refractivity contribution in [2.75, 3.05) is 0 Å². The number of hydrogen-bond donors (Lipinski definition) is 1. The number of primary amides is 1. The molecule has 0 aliphatic rings. The van der Waals surface area contributed by atoms with E-state index in [0.717, 1.165) is 29.4 Å². The molecule has 0 saturated heterocycles. The number of aromatic nitrogens is 1. The van der Waals surface area contributed by atoms with E-state index < -0.39 is 0 Å². The van der Waals surface area contributed by atoms with Crippen LogP contribution in [0.4, 0.5) is 0 Å². The highest BCUT2D eigenvalue weighted by molar-refractivity contribution is 6.05. The maximum absolute atomic E-state index is 11.8. The van der Waals surface area contributed by atoms with E-state index in [2.05, 4.69) is 13.8 Å². The number of carbonyl (C=O) groups is 1. The van der Waals surface area contributed by atoms with Crippen molar-refractivity contribution in [1.82, 2.24) is 4.98 Å². The lowest BCUT2D eigenvalue weighted by Crippen LogP contribution is -2.13. The predicted molar refractivity (Wildman–Crippen MR) is 96.7 cm³/mol. The van der Waals surface area contributed by atoms with Crippen molar-refractivity contribution in [3.05, 3.63) is 41.6 Å². The van der Waals surface area contributed by atoms with Crippen LogP contribution >= 0.6 is 0 Å². The van der Waals surface area contributed by atoms with Gasteiger partial charge in [0.2, 0.25) is 5.91 Å². The Bertz CT molecular complexity index is 651. The molecule has 1 atom stereocenters. The average Bonchev–Trinajstić information content (AvgIpc) is 2.57. The van der Waals surface area contributed by atoms with Gasteiger partial charge in [-0.15, -0.1) is 0 Å². The standard InChI is InChI=1S/C20H28N2O/c1-3-5-6-7-8-11-15(4-2)19-14-17(20(21)23)16-12-9-10-13-18(16)22-19/h9-10,12-15H,3-8,11H2,1-2H3,(H2,21,23). The second kappa shape index (κ2) is 8.66. The molecule has 1 unspecified atom stereocenters. The minimum Gasteiger partial charge on any atom is -0.366 e. The second-order valence-corrected chi connectivity index (χ2v) is 6.28. The molecular formula is C20H28N2O. The Hall–Kier alpha value is -1.90. The molecule has 1 heterocycles. The number of carbonyl (C=O) groups excluding carboxylic acids is 1. The Labute approximate surface area is 139 Å². The Morgan fingerprint density at radius 2 is 1.87 bits per heavy atom. The lowest BCUT2D eigenvalue weighted by molar-refractivity contribution is 0.100. The third-order valence-electron chi connectivity index (χ3n) is 4.57. The van der Waals surface area contributed by atoms with Crippen molar-refractivity contribution in [2.45, 2.75) is 64.7 Å². The van der Waals surface area contributed by atoms with E-state index in [9.17, 15) is 4.79 Å². The topological polar surface area (TPSA) is 56.0 Å². The van der Waals surface area contributed by atoms with Crippen LogP contribution in [0.2, 0.25) is 0 Å². The fourth-order valence-corrected chi connectivity index (χ4v) is 3.16. The molecule has 2 N–H and O–H groups in total. The van der Waals surface area contributed by atoms with E-state index in [0.29, 0.717) is 11.5 Å². The van der Waals surface area contributed by atoms with Crippen LogP contribution in [0.25, 0.3) is 10.9 Å². The molecule has 23 heavy (non-hydrogen) atoms. The van der Waals surface area contributed by atoms with Crippen LogP contribution in [0.15, 0.2) is 30.3 Å². The molecular weight excluding hydrogens is 284 g/mol. The highest BCUT2D eigenvalue weighted by atomic mass is 16.1. The lowest BCUT2D eigenvalue weighted by atomic mass is 9.92. The molecule has 3 heteroatoms. The first-order chi connectivity index (χ1) is 11.2. The summed E-state index contributed by atoms with van der Waals surface area (Å²) in [5.41, 5.74) is 8.05. The van der Waals surface area contributed by atoms with Gasteiger partial charge in [-0.25, -0.2) is 0 Å². The molecule has 0 spiro atoms. The summed E-state index contributed by atoms with van der Waals surface area (Å²) in [7, 11) is 0. The number of para-hydroxylation sites is 1. The lowest BCUT2D eigenvalue weighted by Gasteiger charge is -2.16. The number of pyridine rings is 1. The van der Waals surface area contributed by atoms with Crippen LogP contribution in [0.3, 0.4) is 0 Å². The largest absolute Gasteiger partial charge is 0.366 e. The molecule has 1 aromatic heterocycles. The molecule has 1 amide bonds. The van der Waals surface area contributed by atoms with Gasteiger partial charge in [0.15, 0.2) is 0 Å². The van der Waals surface area contributed by atoms with Gasteiger partial charge >= 0.3 is 0 Å². The molecule has 0 aliphatic carbocycles. The maximum atomic E-state index is 11.8. The van der Waals surface area contributed by atoms with Crippen molar-refractivity contribution in [1.29, 1.82) is 0 Å². The summed E-state index contributed by atoms with van der Waals surface area (Å²) >= 11 is 0. The van der Waals surface area contributed by atoms with Gasteiger partial charge < -0.3 is 5.73 Å². The molecule has 0 saturated carbocycles. The van der Waals surface area contributed by atoms with Crippen molar-refractivity contribution in [2.24, 2.45) is 5.73 Å². The van der Waals surface area contributed by atoms with Crippen LogP contribution in [-0.4, -0.2) is 10.9 Å². The monoisotopic (exact) mass is 312 g/mol.